The molecule has 4 rings (SSSR count). The van der Waals surface area contributed by atoms with Gasteiger partial charge in [-0.2, -0.15) is 0 Å². The van der Waals surface area contributed by atoms with Gasteiger partial charge >= 0.3 is 5.97 Å². The van der Waals surface area contributed by atoms with Gasteiger partial charge in [0, 0.05) is 29.7 Å². The Kier molecular flexibility index (Phi) is 4.74. The first-order chi connectivity index (χ1) is 12.6. The molecule has 7 heteroatoms. The predicted molar refractivity (Wildman–Crippen MR) is 107 cm³/mol. The zero-order valence-corrected chi connectivity index (χ0v) is 16.3. The Morgan fingerprint density at radius 1 is 1.27 bits per heavy atom. The Hall–Kier alpha value is -2.25. The molecule has 0 saturated carbocycles. The third-order valence-electron chi connectivity index (χ3n) is 4.25. The molecule has 0 atom stereocenters. The Labute approximate surface area is 163 Å². The van der Waals surface area contributed by atoms with Gasteiger partial charge in [-0.25, -0.2) is 14.8 Å². The highest BCUT2D eigenvalue weighted by Crippen LogP contribution is 2.34. The van der Waals surface area contributed by atoms with Crippen LogP contribution >= 0.6 is 27.3 Å². The first kappa shape index (κ1) is 17.2. The molecule has 3 aromatic rings. The molecule has 0 spiro atoms. The number of fused-ring (bicyclic) bond motifs is 1. The topological polar surface area (TPSA) is 66.3 Å². The lowest BCUT2D eigenvalue weighted by Crippen LogP contribution is -2.26. The minimum Gasteiger partial charge on any atom is -0.477 e. The molecule has 0 aliphatic carbocycles. The molecule has 0 bridgehead atoms. The van der Waals surface area contributed by atoms with Gasteiger partial charge in [0.2, 0.25) is 0 Å². The summed E-state index contributed by atoms with van der Waals surface area (Å²) in [7, 11) is 0. The SMILES string of the molecule is O=C(O)c1cccc(Cc2cc(Br)cc3sc(N4CC=CCC4)nc23)n1. The second kappa shape index (κ2) is 7.17. The maximum absolute atomic E-state index is 11.2. The molecule has 0 fully saturated rings. The molecule has 1 aliphatic heterocycles. The molecule has 0 saturated heterocycles. The van der Waals surface area contributed by atoms with Crippen molar-refractivity contribution in [3.63, 3.8) is 0 Å². The van der Waals surface area contributed by atoms with Crippen molar-refractivity contribution in [1.82, 2.24) is 9.97 Å². The maximum atomic E-state index is 11.2. The van der Waals surface area contributed by atoms with E-state index in [1.165, 1.54) is 6.07 Å². The fourth-order valence-corrected chi connectivity index (χ4v) is 4.77. The molecule has 0 amide bonds. The lowest BCUT2D eigenvalue weighted by molar-refractivity contribution is 0.0690. The fourth-order valence-electron chi connectivity index (χ4n) is 3.03. The van der Waals surface area contributed by atoms with Gasteiger partial charge in [-0.15, -0.1) is 0 Å². The number of nitrogens with zero attached hydrogens (tertiary/aromatic N) is 3. The van der Waals surface area contributed by atoms with E-state index in [9.17, 15) is 4.79 Å². The monoisotopic (exact) mass is 429 g/mol. The van der Waals surface area contributed by atoms with E-state index in [0.717, 1.165) is 50.6 Å². The summed E-state index contributed by atoms with van der Waals surface area (Å²) in [4.78, 5) is 22.6. The van der Waals surface area contributed by atoms with Crippen LogP contribution in [-0.2, 0) is 6.42 Å². The fraction of sp³-hybridized carbons (Fsp3) is 0.211. The van der Waals surface area contributed by atoms with Crippen LogP contribution in [0.2, 0.25) is 0 Å². The summed E-state index contributed by atoms with van der Waals surface area (Å²) in [5.74, 6) is -1.01. The van der Waals surface area contributed by atoms with Gasteiger partial charge in [0.05, 0.1) is 10.2 Å². The Morgan fingerprint density at radius 3 is 2.92 bits per heavy atom. The van der Waals surface area contributed by atoms with Crippen LogP contribution in [0.15, 0.2) is 47.0 Å². The third-order valence-corrected chi connectivity index (χ3v) is 5.77. The minimum atomic E-state index is -1.01. The average Bonchev–Trinajstić information content (AvgIpc) is 3.07. The van der Waals surface area contributed by atoms with Gasteiger partial charge in [-0.1, -0.05) is 45.5 Å². The van der Waals surface area contributed by atoms with Gasteiger partial charge in [0.1, 0.15) is 5.69 Å². The number of anilines is 1. The van der Waals surface area contributed by atoms with Crippen LogP contribution < -0.4 is 4.90 Å². The van der Waals surface area contributed by atoms with Crippen LogP contribution in [0.1, 0.15) is 28.2 Å². The first-order valence-corrected chi connectivity index (χ1v) is 9.89. The van der Waals surface area contributed by atoms with E-state index in [-0.39, 0.29) is 5.69 Å². The van der Waals surface area contributed by atoms with Gasteiger partial charge in [-0.05, 0) is 36.2 Å². The molecule has 132 valence electrons. The highest BCUT2D eigenvalue weighted by atomic mass is 79.9. The van der Waals surface area contributed by atoms with Crippen molar-refractivity contribution < 1.29 is 9.90 Å². The number of hydrogen-bond acceptors (Lipinski definition) is 5. The molecule has 26 heavy (non-hydrogen) atoms. The van der Waals surface area contributed by atoms with Crippen molar-refractivity contribution in [3.05, 3.63) is 63.9 Å². The Balaban J connectivity index is 1.72. The highest BCUT2D eigenvalue weighted by molar-refractivity contribution is 9.10. The van der Waals surface area contributed by atoms with E-state index in [4.69, 9.17) is 10.1 Å². The summed E-state index contributed by atoms with van der Waals surface area (Å²) in [6.07, 6.45) is 5.96. The van der Waals surface area contributed by atoms with Gasteiger partial charge in [0.25, 0.3) is 0 Å². The number of halogens is 1. The van der Waals surface area contributed by atoms with E-state index in [2.05, 4.69) is 44.0 Å². The van der Waals surface area contributed by atoms with Crippen LogP contribution in [0, 0.1) is 0 Å². The molecule has 1 aliphatic rings. The van der Waals surface area contributed by atoms with Gasteiger partial charge in [-0.3, -0.25) is 0 Å². The highest BCUT2D eigenvalue weighted by Gasteiger charge is 2.16. The predicted octanol–water partition coefficient (Wildman–Crippen LogP) is 4.51. The summed E-state index contributed by atoms with van der Waals surface area (Å²) in [5.41, 5.74) is 2.79. The van der Waals surface area contributed by atoms with Crippen LogP contribution in [-0.4, -0.2) is 34.1 Å². The van der Waals surface area contributed by atoms with Crippen LogP contribution in [0.4, 0.5) is 5.13 Å². The molecular weight excluding hydrogens is 414 g/mol. The molecule has 0 radical (unpaired) electrons. The van der Waals surface area contributed by atoms with Gasteiger partial charge in [0.15, 0.2) is 5.13 Å². The lowest BCUT2D eigenvalue weighted by Gasteiger charge is -2.22. The van der Waals surface area contributed by atoms with Crippen molar-refractivity contribution in [3.8, 4) is 0 Å². The third kappa shape index (κ3) is 3.50. The second-order valence-corrected chi connectivity index (χ2v) is 8.04. The van der Waals surface area contributed by atoms with E-state index in [0.29, 0.717) is 6.42 Å². The van der Waals surface area contributed by atoms with Crippen molar-refractivity contribution in [2.24, 2.45) is 0 Å². The molecule has 5 nitrogen and oxygen atoms in total. The van der Waals surface area contributed by atoms with Gasteiger partial charge < -0.3 is 10.0 Å². The average molecular weight is 430 g/mol. The van der Waals surface area contributed by atoms with Crippen molar-refractivity contribution in [1.29, 1.82) is 0 Å². The molecule has 1 N–H and O–H groups in total. The largest absolute Gasteiger partial charge is 0.477 e. The quantitative estimate of drug-likeness (QED) is 0.617. The Bertz CT molecular complexity index is 1020. The number of pyridine rings is 1. The number of aromatic carboxylic acids is 1. The number of carboxylic acids is 1. The molecule has 2 aromatic heterocycles. The van der Waals surface area contributed by atoms with Crippen LogP contribution in [0.3, 0.4) is 0 Å². The summed E-state index contributed by atoms with van der Waals surface area (Å²) < 4.78 is 2.11. The molecule has 3 heterocycles. The smallest absolute Gasteiger partial charge is 0.354 e. The summed E-state index contributed by atoms with van der Waals surface area (Å²) in [6, 6.07) is 9.21. The first-order valence-electron chi connectivity index (χ1n) is 8.28. The molecular formula is C19H16BrN3O2S. The maximum Gasteiger partial charge on any atom is 0.354 e. The number of benzene rings is 1. The Morgan fingerprint density at radius 2 is 2.15 bits per heavy atom. The second-order valence-electron chi connectivity index (χ2n) is 6.11. The molecule has 0 unspecified atom stereocenters. The normalized spacial score (nSPS) is 14.1. The van der Waals surface area contributed by atoms with E-state index >= 15 is 0 Å². The zero-order chi connectivity index (χ0) is 18.1. The summed E-state index contributed by atoms with van der Waals surface area (Å²) >= 11 is 5.27. The number of carbonyl (C=O) groups is 1. The standard InChI is InChI=1S/C19H16BrN3O2S/c20-13-9-12(10-14-5-4-6-15(21-14)18(24)25)17-16(11-13)26-19(22-17)23-7-2-1-3-8-23/h1-2,4-6,9,11H,3,7-8,10H2,(H,24,25). The summed E-state index contributed by atoms with van der Waals surface area (Å²) in [6.45, 7) is 1.87. The number of carboxylic acid groups (broad SMARTS) is 1. The zero-order valence-electron chi connectivity index (χ0n) is 13.9. The van der Waals surface area contributed by atoms with E-state index < -0.39 is 5.97 Å². The van der Waals surface area contributed by atoms with E-state index in [1.807, 2.05) is 12.1 Å². The number of rotatable bonds is 4. The number of thiazole rings is 1. The number of aromatic nitrogens is 2. The van der Waals surface area contributed by atoms with Crippen molar-refractivity contribution in [2.45, 2.75) is 12.8 Å². The summed E-state index contributed by atoms with van der Waals surface area (Å²) in [5, 5.41) is 10.2. The number of hydrogen-bond donors (Lipinski definition) is 1. The van der Waals surface area contributed by atoms with Crippen molar-refractivity contribution >= 4 is 48.6 Å². The molecule has 1 aromatic carbocycles. The minimum absolute atomic E-state index is 0.0628. The van der Waals surface area contributed by atoms with Crippen LogP contribution in [0.25, 0.3) is 10.2 Å². The van der Waals surface area contributed by atoms with Crippen molar-refractivity contribution in [2.75, 3.05) is 18.0 Å². The van der Waals surface area contributed by atoms with Crippen LogP contribution in [0.5, 0.6) is 0 Å². The van der Waals surface area contributed by atoms with E-state index in [1.54, 1.807) is 17.4 Å². The lowest BCUT2D eigenvalue weighted by atomic mass is 10.1.